The first kappa shape index (κ1) is 28.5. The Hall–Kier alpha value is -5.02. The highest BCUT2D eigenvalue weighted by Gasteiger charge is 2.18. The van der Waals surface area contributed by atoms with Crippen molar-refractivity contribution < 1.29 is 0 Å². The lowest BCUT2D eigenvalue weighted by atomic mass is 9.97. The summed E-state index contributed by atoms with van der Waals surface area (Å²) in [7, 11) is 0. The topological polar surface area (TPSA) is 28.0 Å². The summed E-state index contributed by atoms with van der Waals surface area (Å²) in [5.74, 6) is 0. The lowest BCUT2D eigenvalue weighted by Crippen LogP contribution is -2.16. The van der Waals surface area contributed by atoms with Crippen LogP contribution in [0.1, 0.15) is 47.2 Å². The maximum Gasteiger partial charge on any atom is 0.0662 e. The predicted octanol–water partition coefficient (Wildman–Crippen LogP) is 10.7. The molecule has 0 amide bonds. The zero-order chi connectivity index (χ0) is 29.6. The van der Waals surface area contributed by atoms with Crippen molar-refractivity contribution in [3.8, 4) is 0 Å². The molecule has 5 rings (SSSR count). The second-order valence-corrected chi connectivity index (χ2v) is 10.7. The fourth-order valence-electron chi connectivity index (χ4n) is 5.04. The molecule has 42 heavy (non-hydrogen) atoms. The lowest BCUT2D eigenvalue weighted by Gasteiger charge is -2.29. The molecule has 0 spiro atoms. The molecule has 3 nitrogen and oxygen atoms in total. The second-order valence-electron chi connectivity index (χ2n) is 10.7. The van der Waals surface area contributed by atoms with Gasteiger partial charge >= 0.3 is 0 Å². The van der Waals surface area contributed by atoms with Gasteiger partial charge < -0.3 is 4.90 Å². The maximum absolute atomic E-state index is 5.04. The van der Waals surface area contributed by atoms with Gasteiger partial charge in [0.15, 0.2) is 0 Å². The molecule has 0 aromatic heterocycles. The Morgan fingerprint density at radius 2 is 0.952 bits per heavy atom. The number of aliphatic imine (C=N–C) groups is 2. The number of hydrogen-bond donors (Lipinski definition) is 0. The van der Waals surface area contributed by atoms with Gasteiger partial charge in [-0.05, 0) is 117 Å². The highest BCUT2D eigenvalue weighted by atomic mass is 15.1. The Morgan fingerprint density at radius 3 is 1.45 bits per heavy atom. The van der Waals surface area contributed by atoms with Crippen molar-refractivity contribution in [1.82, 2.24) is 0 Å². The first-order valence-electron chi connectivity index (χ1n) is 14.3. The minimum Gasteiger partial charge on any atom is -0.310 e. The number of nitrogens with zero attached hydrogens (tertiary/aromatic N) is 3. The van der Waals surface area contributed by atoms with E-state index in [-0.39, 0.29) is 0 Å². The molecule has 0 saturated carbocycles. The molecular weight excluding hydrogens is 510 g/mol. The van der Waals surface area contributed by atoms with Crippen LogP contribution in [0.5, 0.6) is 0 Å². The Balaban J connectivity index is 1.68. The average molecular weight is 548 g/mol. The molecular formula is C39H37N3. The molecule has 0 aliphatic heterocycles. The van der Waals surface area contributed by atoms with Gasteiger partial charge in [0, 0.05) is 28.5 Å². The SMILES string of the molecule is C=C(c1cc(C(C)=Nc2ccccc2C)cc(C(C)=Nc2ccccc2C)c1)N(c1ccccc1)c1ccccc1C. The fraction of sp³-hybridized carbons (Fsp3) is 0.128. The summed E-state index contributed by atoms with van der Waals surface area (Å²) in [6.07, 6.45) is 0. The van der Waals surface area contributed by atoms with Crippen LogP contribution in [0.2, 0.25) is 0 Å². The Kier molecular flexibility index (Phi) is 8.59. The summed E-state index contributed by atoms with van der Waals surface area (Å²) in [6, 6.07) is 41.9. The summed E-state index contributed by atoms with van der Waals surface area (Å²) in [6.45, 7) is 15.1. The Labute approximate surface area is 250 Å². The smallest absolute Gasteiger partial charge is 0.0662 e. The summed E-state index contributed by atoms with van der Waals surface area (Å²) >= 11 is 0. The minimum absolute atomic E-state index is 0.881. The van der Waals surface area contributed by atoms with Gasteiger partial charge in [0.05, 0.1) is 11.4 Å². The van der Waals surface area contributed by atoms with Crippen LogP contribution in [0, 0.1) is 20.8 Å². The van der Waals surface area contributed by atoms with E-state index in [1.807, 2.05) is 30.3 Å². The molecule has 0 radical (unpaired) electrons. The minimum atomic E-state index is 0.881. The van der Waals surface area contributed by atoms with Gasteiger partial charge in [-0.1, -0.05) is 79.4 Å². The molecule has 0 unspecified atom stereocenters. The van der Waals surface area contributed by atoms with Gasteiger partial charge in [0.2, 0.25) is 0 Å². The molecule has 0 bridgehead atoms. The average Bonchev–Trinajstić information content (AvgIpc) is 3.00. The summed E-state index contributed by atoms with van der Waals surface area (Å²) in [5.41, 5.74) is 13.4. The summed E-state index contributed by atoms with van der Waals surface area (Å²) in [4.78, 5) is 12.3. The molecule has 5 aromatic rings. The molecule has 0 fully saturated rings. The van der Waals surface area contributed by atoms with E-state index in [1.54, 1.807) is 0 Å². The van der Waals surface area contributed by atoms with E-state index in [4.69, 9.17) is 9.98 Å². The largest absolute Gasteiger partial charge is 0.310 e. The van der Waals surface area contributed by atoms with Crippen molar-refractivity contribution in [3.63, 3.8) is 0 Å². The molecule has 0 N–H and O–H groups in total. The van der Waals surface area contributed by atoms with Crippen molar-refractivity contribution in [3.05, 3.63) is 161 Å². The van der Waals surface area contributed by atoms with Crippen molar-refractivity contribution in [1.29, 1.82) is 0 Å². The fourth-order valence-corrected chi connectivity index (χ4v) is 5.04. The Morgan fingerprint density at radius 1 is 0.524 bits per heavy atom. The van der Waals surface area contributed by atoms with Crippen LogP contribution in [0.3, 0.4) is 0 Å². The van der Waals surface area contributed by atoms with E-state index in [0.29, 0.717) is 0 Å². The third kappa shape index (κ3) is 6.31. The van der Waals surface area contributed by atoms with Crippen molar-refractivity contribution in [2.75, 3.05) is 4.90 Å². The van der Waals surface area contributed by atoms with Gasteiger partial charge in [0.25, 0.3) is 0 Å². The van der Waals surface area contributed by atoms with Crippen LogP contribution in [0.4, 0.5) is 22.7 Å². The van der Waals surface area contributed by atoms with E-state index in [2.05, 4.69) is 137 Å². The number of aryl methyl sites for hydroxylation is 3. The molecule has 5 aromatic carbocycles. The van der Waals surface area contributed by atoms with Gasteiger partial charge in [0.1, 0.15) is 0 Å². The van der Waals surface area contributed by atoms with Crippen LogP contribution in [0.15, 0.2) is 138 Å². The molecule has 0 aliphatic carbocycles. The second kappa shape index (κ2) is 12.7. The molecule has 0 saturated heterocycles. The Bertz CT molecular complexity index is 1710. The van der Waals surface area contributed by atoms with Gasteiger partial charge in [-0.3, -0.25) is 9.98 Å². The van der Waals surface area contributed by atoms with E-state index in [1.165, 1.54) is 5.56 Å². The van der Waals surface area contributed by atoms with Gasteiger partial charge in [-0.15, -0.1) is 0 Å². The third-order valence-electron chi connectivity index (χ3n) is 7.55. The number of anilines is 2. The van der Waals surface area contributed by atoms with Gasteiger partial charge in [-0.25, -0.2) is 0 Å². The number of benzene rings is 5. The van der Waals surface area contributed by atoms with Crippen LogP contribution in [-0.2, 0) is 0 Å². The van der Waals surface area contributed by atoms with Crippen LogP contribution in [-0.4, -0.2) is 11.4 Å². The van der Waals surface area contributed by atoms with Crippen LogP contribution in [0.25, 0.3) is 5.70 Å². The highest BCUT2D eigenvalue weighted by molar-refractivity contribution is 6.07. The zero-order valence-corrected chi connectivity index (χ0v) is 25.1. The van der Waals surface area contributed by atoms with E-state index >= 15 is 0 Å². The summed E-state index contributed by atoms with van der Waals surface area (Å²) in [5, 5.41) is 0. The van der Waals surface area contributed by atoms with Crippen LogP contribution >= 0.6 is 0 Å². The standard InChI is InChI=1S/C39H37N3/c1-27-16-10-13-21-37(27)40-30(4)33-24-34(31(5)41-38-22-14-11-17-28(38)2)26-35(25-33)32(6)42(36-19-8-7-9-20-36)39-23-15-12-18-29(39)3/h7-26H,6H2,1-5H3. The first-order valence-corrected chi connectivity index (χ1v) is 14.3. The number of para-hydroxylation sites is 4. The molecule has 0 aliphatic rings. The lowest BCUT2D eigenvalue weighted by molar-refractivity contribution is 1.26. The predicted molar refractivity (Wildman–Crippen MR) is 181 cm³/mol. The van der Waals surface area contributed by atoms with Crippen molar-refractivity contribution in [2.45, 2.75) is 34.6 Å². The van der Waals surface area contributed by atoms with E-state index in [0.717, 1.165) is 67.7 Å². The van der Waals surface area contributed by atoms with E-state index in [9.17, 15) is 0 Å². The number of rotatable bonds is 8. The van der Waals surface area contributed by atoms with E-state index < -0.39 is 0 Å². The van der Waals surface area contributed by atoms with Gasteiger partial charge in [-0.2, -0.15) is 0 Å². The zero-order valence-electron chi connectivity index (χ0n) is 25.1. The normalized spacial score (nSPS) is 11.8. The quantitative estimate of drug-likeness (QED) is 0.178. The van der Waals surface area contributed by atoms with Crippen molar-refractivity contribution in [2.24, 2.45) is 9.98 Å². The highest BCUT2D eigenvalue weighted by Crippen LogP contribution is 2.36. The first-order chi connectivity index (χ1) is 20.3. The van der Waals surface area contributed by atoms with Crippen LogP contribution < -0.4 is 4.90 Å². The molecule has 0 atom stereocenters. The summed E-state index contributed by atoms with van der Waals surface area (Å²) < 4.78 is 0. The third-order valence-corrected chi connectivity index (χ3v) is 7.55. The molecule has 3 heteroatoms. The molecule has 0 heterocycles. The maximum atomic E-state index is 5.04. The molecule has 208 valence electrons. The monoisotopic (exact) mass is 547 g/mol. The van der Waals surface area contributed by atoms with Crippen molar-refractivity contribution >= 4 is 39.9 Å². The number of hydrogen-bond acceptors (Lipinski definition) is 3.